The molecule has 1 unspecified atom stereocenters. The minimum absolute atomic E-state index is 0.290. The maximum absolute atomic E-state index is 12.1. The van der Waals surface area contributed by atoms with E-state index in [2.05, 4.69) is 15.4 Å². The van der Waals surface area contributed by atoms with E-state index < -0.39 is 12.0 Å². The lowest BCUT2D eigenvalue weighted by atomic mass is 10.1. The molecule has 0 saturated carbocycles. The predicted octanol–water partition coefficient (Wildman–Crippen LogP) is 1.91. The van der Waals surface area contributed by atoms with Crippen LogP contribution in [0.25, 0.3) is 11.8 Å². The van der Waals surface area contributed by atoms with E-state index in [4.69, 9.17) is 5.11 Å². The average Bonchev–Trinajstić information content (AvgIpc) is 3.18. The highest BCUT2D eigenvalue weighted by molar-refractivity contribution is 8.18. The molecule has 1 atom stereocenters. The zero-order valence-electron chi connectivity index (χ0n) is 12.7. The van der Waals surface area contributed by atoms with Gasteiger partial charge >= 0.3 is 5.97 Å². The Morgan fingerprint density at radius 3 is 2.92 bits per heavy atom. The number of aliphatic carboxylic acids is 1. The maximum atomic E-state index is 12.1. The van der Waals surface area contributed by atoms with Crippen LogP contribution in [0.2, 0.25) is 0 Å². The summed E-state index contributed by atoms with van der Waals surface area (Å²) in [7, 11) is 0. The van der Waals surface area contributed by atoms with Gasteiger partial charge < -0.3 is 10.4 Å². The summed E-state index contributed by atoms with van der Waals surface area (Å²) in [5.74, 6) is -1.34. The summed E-state index contributed by atoms with van der Waals surface area (Å²) in [6, 6.07) is 8.45. The summed E-state index contributed by atoms with van der Waals surface area (Å²) in [5, 5.41) is 16.0. The second kappa shape index (κ2) is 6.71. The molecule has 0 bridgehead atoms. The normalized spacial score (nSPS) is 18.8. The van der Waals surface area contributed by atoms with Crippen molar-refractivity contribution in [1.29, 1.82) is 0 Å². The van der Waals surface area contributed by atoms with Gasteiger partial charge in [-0.25, -0.2) is 14.5 Å². The number of para-hydroxylation sites is 1. The first-order valence-electron chi connectivity index (χ1n) is 7.15. The SMILES string of the molecule is CC(N=C1NC(=O)C(=Cc2ccccc2-n2cccn2)S1)C(=O)O. The van der Waals surface area contributed by atoms with Gasteiger partial charge in [0.25, 0.3) is 5.91 Å². The summed E-state index contributed by atoms with van der Waals surface area (Å²) in [6.07, 6.45) is 5.24. The molecule has 1 aliphatic heterocycles. The summed E-state index contributed by atoms with van der Waals surface area (Å²) in [6.45, 7) is 1.46. The largest absolute Gasteiger partial charge is 0.480 e. The van der Waals surface area contributed by atoms with E-state index in [0.717, 1.165) is 23.0 Å². The highest BCUT2D eigenvalue weighted by Gasteiger charge is 2.25. The van der Waals surface area contributed by atoms with Crippen molar-refractivity contribution in [2.24, 2.45) is 4.99 Å². The van der Waals surface area contributed by atoms with E-state index >= 15 is 0 Å². The van der Waals surface area contributed by atoms with Gasteiger partial charge in [0.1, 0.15) is 6.04 Å². The molecule has 3 rings (SSSR count). The Kier molecular flexibility index (Phi) is 4.48. The highest BCUT2D eigenvalue weighted by atomic mass is 32.2. The number of rotatable bonds is 4. The second-order valence-corrected chi connectivity index (χ2v) is 6.05. The molecule has 0 spiro atoms. The van der Waals surface area contributed by atoms with Gasteiger partial charge in [0.2, 0.25) is 0 Å². The van der Waals surface area contributed by atoms with Crippen molar-refractivity contribution in [1.82, 2.24) is 15.1 Å². The molecule has 1 aromatic heterocycles. The van der Waals surface area contributed by atoms with E-state index in [1.807, 2.05) is 36.5 Å². The molecule has 0 aliphatic carbocycles. The number of thioether (sulfide) groups is 1. The van der Waals surface area contributed by atoms with Gasteiger partial charge in [0.15, 0.2) is 5.17 Å². The quantitative estimate of drug-likeness (QED) is 0.827. The highest BCUT2D eigenvalue weighted by Crippen LogP contribution is 2.28. The Labute approximate surface area is 142 Å². The predicted molar refractivity (Wildman–Crippen MR) is 91.8 cm³/mol. The number of hydrogen-bond acceptors (Lipinski definition) is 5. The Balaban J connectivity index is 1.90. The third-order valence-corrected chi connectivity index (χ3v) is 4.22. The zero-order valence-corrected chi connectivity index (χ0v) is 13.5. The number of hydrogen-bond donors (Lipinski definition) is 2. The number of carboxylic acids is 1. The summed E-state index contributed by atoms with van der Waals surface area (Å²) in [5.41, 5.74) is 1.67. The first kappa shape index (κ1) is 16.0. The van der Waals surface area contributed by atoms with E-state index in [9.17, 15) is 9.59 Å². The molecule has 24 heavy (non-hydrogen) atoms. The molecular formula is C16H14N4O3S. The van der Waals surface area contributed by atoms with Crippen LogP contribution in [0.4, 0.5) is 0 Å². The van der Waals surface area contributed by atoms with Crippen LogP contribution in [0.3, 0.4) is 0 Å². The standard InChI is InChI=1S/C16H14N4O3S/c1-10(15(22)23)18-16-19-14(21)13(24-16)9-11-5-2-3-6-12(11)20-8-4-7-17-20/h2-10H,1H3,(H,22,23)(H,18,19,21). The number of aliphatic imine (C=N–C) groups is 1. The van der Waals surface area contributed by atoms with Gasteiger partial charge in [0.05, 0.1) is 10.6 Å². The topological polar surface area (TPSA) is 96.6 Å². The summed E-state index contributed by atoms with van der Waals surface area (Å²) >= 11 is 1.12. The van der Waals surface area contributed by atoms with Crippen LogP contribution in [0.5, 0.6) is 0 Å². The summed E-state index contributed by atoms with van der Waals surface area (Å²) in [4.78, 5) is 27.4. The van der Waals surface area contributed by atoms with Crippen LogP contribution in [0.15, 0.2) is 52.6 Å². The molecule has 1 aromatic carbocycles. The van der Waals surface area contributed by atoms with Crippen LogP contribution in [0, 0.1) is 0 Å². The summed E-state index contributed by atoms with van der Waals surface area (Å²) < 4.78 is 1.71. The number of nitrogens with one attached hydrogen (secondary N) is 1. The Morgan fingerprint density at radius 2 is 2.21 bits per heavy atom. The lowest BCUT2D eigenvalue weighted by Gasteiger charge is -2.06. The fraction of sp³-hybridized carbons (Fsp3) is 0.125. The number of carboxylic acid groups (broad SMARTS) is 1. The number of carbonyl (C=O) groups excluding carboxylic acids is 1. The zero-order chi connectivity index (χ0) is 17.1. The monoisotopic (exact) mass is 342 g/mol. The van der Waals surface area contributed by atoms with Crippen molar-refractivity contribution < 1.29 is 14.7 Å². The molecular weight excluding hydrogens is 328 g/mol. The van der Waals surface area contributed by atoms with Gasteiger partial charge in [-0.2, -0.15) is 5.10 Å². The van der Waals surface area contributed by atoms with E-state index in [0.29, 0.717) is 4.91 Å². The van der Waals surface area contributed by atoms with Crippen molar-refractivity contribution in [2.45, 2.75) is 13.0 Å². The number of benzene rings is 1. The maximum Gasteiger partial charge on any atom is 0.328 e. The Bertz CT molecular complexity index is 843. The van der Waals surface area contributed by atoms with Gasteiger partial charge in [0, 0.05) is 18.0 Å². The second-order valence-electron chi connectivity index (χ2n) is 5.02. The fourth-order valence-electron chi connectivity index (χ4n) is 2.09. The van der Waals surface area contributed by atoms with Gasteiger partial charge in [-0.3, -0.25) is 4.79 Å². The molecule has 2 heterocycles. The van der Waals surface area contributed by atoms with Crippen molar-refractivity contribution >= 4 is 34.9 Å². The van der Waals surface area contributed by atoms with Crippen molar-refractivity contribution in [3.05, 3.63) is 53.2 Å². The molecule has 1 saturated heterocycles. The van der Waals surface area contributed by atoms with Crippen molar-refractivity contribution in [3.8, 4) is 5.69 Å². The molecule has 2 N–H and O–H groups in total. The molecule has 1 aliphatic rings. The van der Waals surface area contributed by atoms with E-state index in [1.54, 1.807) is 17.0 Å². The third kappa shape index (κ3) is 3.38. The van der Waals surface area contributed by atoms with Crippen LogP contribution in [-0.2, 0) is 9.59 Å². The fourth-order valence-corrected chi connectivity index (χ4v) is 2.98. The number of nitrogens with zero attached hydrogens (tertiary/aromatic N) is 3. The van der Waals surface area contributed by atoms with Gasteiger partial charge in [-0.15, -0.1) is 0 Å². The number of amidine groups is 1. The molecule has 122 valence electrons. The van der Waals surface area contributed by atoms with Gasteiger partial charge in [-0.05, 0) is 36.9 Å². The Hall–Kier alpha value is -2.87. The van der Waals surface area contributed by atoms with Crippen LogP contribution >= 0.6 is 11.8 Å². The molecule has 8 heteroatoms. The smallest absolute Gasteiger partial charge is 0.328 e. The van der Waals surface area contributed by atoms with Crippen molar-refractivity contribution in [2.75, 3.05) is 0 Å². The molecule has 0 radical (unpaired) electrons. The number of carbonyl (C=O) groups is 2. The molecule has 1 amide bonds. The van der Waals surface area contributed by atoms with Crippen LogP contribution in [0.1, 0.15) is 12.5 Å². The minimum Gasteiger partial charge on any atom is -0.480 e. The van der Waals surface area contributed by atoms with Gasteiger partial charge in [-0.1, -0.05) is 18.2 Å². The first-order chi connectivity index (χ1) is 11.5. The number of amides is 1. The third-order valence-electron chi connectivity index (χ3n) is 3.29. The molecule has 1 fully saturated rings. The van der Waals surface area contributed by atoms with E-state index in [1.165, 1.54) is 6.92 Å². The average molecular weight is 342 g/mol. The van der Waals surface area contributed by atoms with Crippen molar-refractivity contribution in [3.63, 3.8) is 0 Å². The number of aromatic nitrogens is 2. The molecule has 7 nitrogen and oxygen atoms in total. The van der Waals surface area contributed by atoms with Crippen LogP contribution in [-0.4, -0.2) is 38.0 Å². The lowest BCUT2D eigenvalue weighted by molar-refractivity contribution is -0.138. The Morgan fingerprint density at radius 1 is 1.42 bits per heavy atom. The minimum atomic E-state index is -1.04. The first-order valence-corrected chi connectivity index (χ1v) is 7.97. The molecule has 2 aromatic rings. The van der Waals surface area contributed by atoms with E-state index in [-0.39, 0.29) is 11.1 Å². The lowest BCUT2D eigenvalue weighted by Crippen LogP contribution is -2.23. The van der Waals surface area contributed by atoms with Crippen LogP contribution < -0.4 is 5.32 Å².